The van der Waals surface area contributed by atoms with Crippen molar-refractivity contribution in [1.29, 1.82) is 0 Å². The van der Waals surface area contributed by atoms with Gasteiger partial charge in [0.05, 0.1) is 11.6 Å². The predicted octanol–water partition coefficient (Wildman–Crippen LogP) is 2.43. The third-order valence-corrected chi connectivity index (χ3v) is 2.11. The average molecular weight is 235 g/mol. The van der Waals surface area contributed by atoms with E-state index < -0.39 is 34.9 Å². The minimum atomic E-state index is -4.80. The van der Waals surface area contributed by atoms with Gasteiger partial charge < -0.3 is 5.73 Å². The van der Waals surface area contributed by atoms with E-state index in [2.05, 4.69) is 0 Å². The Morgan fingerprint density at radius 3 is 2.38 bits per heavy atom. The molecule has 0 saturated heterocycles. The van der Waals surface area contributed by atoms with Crippen LogP contribution >= 0.6 is 0 Å². The average Bonchev–Trinajstić information content (AvgIpc) is 2.15. The molecule has 1 aromatic rings. The fourth-order valence-corrected chi connectivity index (χ4v) is 1.23. The van der Waals surface area contributed by atoms with Gasteiger partial charge in [0.1, 0.15) is 5.82 Å². The Balaban J connectivity index is 3.30. The molecule has 1 rings (SSSR count). The molecule has 1 atom stereocenters. The SMILES string of the molecule is CC(=O)C(N)c1cccc(C(F)(F)F)c1F. The Bertz CT molecular complexity index is 414. The summed E-state index contributed by atoms with van der Waals surface area (Å²) in [7, 11) is 0. The Morgan fingerprint density at radius 1 is 1.38 bits per heavy atom. The number of rotatable bonds is 2. The zero-order valence-electron chi connectivity index (χ0n) is 8.31. The summed E-state index contributed by atoms with van der Waals surface area (Å²) in [6.07, 6.45) is -4.80. The van der Waals surface area contributed by atoms with Crippen molar-refractivity contribution in [3.63, 3.8) is 0 Å². The fraction of sp³-hybridized carbons (Fsp3) is 0.300. The highest BCUT2D eigenvalue weighted by Gasteiger charge is 2.35. The molecule has 0 aliphatic carbocycles. The molecule has 0 fully saturated rings. The van der Waals surface area contributed by atoms with E-state index in [-0.39, 0.29) is 0 Å². The number of carbonyl (C=O) groups is 1. The maximum atomic E-state index is 13.4. The van der Waals surface area contributed by atoms with Crippen molar-refractivity contribution in [3.05, 3.63) is 35.1 Å². The summed E-state index contributed by atoms with van der Waals surface area (Å²) in [6.45, 7) is 1.09. The van der Waals surface area contributed by atoms with Crippen molar-refractivity contribution >= 4 is 5.78 Å². The number of carbonyl (C=O) groups excluding carboxylic acids is 1. The topological polar surface area (TPSA) is 43.1 Å². The fourth-order valence-electron chi connectivity index (χ4n) is 1.23. The van der Waals surface area contributed by atoms with Crippen LogP contribution in [0, 0.1) is 5.82 Å². The van der Waals surface area contributed by atoms with Crippen LogP contribution in [0.25, 0.3) is 0 Å². The third-order valence-electron chi connectivity index (χ3n) is 2.11. The predicted molar refractivity (Wildman–Crippen MR) is 49.0 cm³/mol. The minimum absolute atomic E-state index is 0.442. The van der Waals surface area contributed by atoms with Crippen LogP contribution < -0.4 is 5.73 Å². The van der Waals surface area contributed by atoms with Gasteiger partial charge in [0.25, 0.3) is 0 Å². The van der Waals surface area contributed by atoms with E-state index in [4.69, 9.17) is 5.73 Å². The number of benzene rings is 1. The Morgan fingerprint density at radius 2 is 1.94 bits per heavy atom. The Labute approximate surface area is 89.1 Å². The molecule has 2 N–H and O–H groups in total. The second-order valence-corrected chi connectivity index (χ2v) is 3.29. The van der Waals surface area contributed by atoms with E-state index in [0.29, 0.717) is 6.07 Å². The van der Waals surface area contributed by atoms with Gasteiger partial charge in [-0.3, -0.25) is 4.79 Å². The van der Waals surface area contributed by atoms with Gasteiger partial charge in [-0.2, -0.15) is 13.2 Å². The van der Waals surface area contributed by atoms with Gasteiger partial charge in [0, 0.05) is 5.56 Å². The lowest BCUT2D eigenvalue weighted by molar-refractivity contribution is -0.140. The lowest BCUT2D eigenvalue weighted by Gasteiger charge is -2.14. The van der Waals surface area contributed by atoms with Gasteiger partial charge in [-0.15, -0.1) is 0 Å². The molecular weight excluding hydrogens is 226 g/mol. The standard InChI is InChI=1S/C10H9F4NO/c1-5(16)9(15)6-3-2-4-7(8(6)11)10(12,13)14/h2-4,9H,15H2,1H3. The molecule has 88 valence electrons. The van der Waals surface area contributed by atoms with Crippen LogP contribution in [0.2, 0.25) is 0 Å². The minimum Gasteiger partial charge on any atom is -0.318 e. The molecule has 0 aliphatic rings. The largest absolute Gasteiger partial charge is 0.419 e. The van der Waals surface area contributed by atoms with Gasteiger partial charge in [-0.05, 0) is 13.0 Å². The Hall–Kier alpha value is -1.43. The first-order valence-corrected chi connectivity index (χ1v) is 4.36. The summed E-state index contributed by atoms with van der Waals surface area (Å²) in [5.74, 6) is -2.09. The summed E-state index contributed by atoms with van der Waals surface area (Å²) in [5.41, 5.74) is 3.44. The summed E-state index contributed by atoms with van der Waals surface area (Å²) in [6, 6.07) is 1.31. The first-order chi connectivity index (χ1) is 7.25. The zero-order chi connectivity index (χ0) is 12.5. The number of hydrogen-bond donors (Lipinski definition) is 1. The molecular formula is C10H9F4NO. The van der Waals surface area contributed by atoms with Crippen LogP contribution in [0.4, 0.5) is 17.6 Å². The lowest BCUT2D eigenvalue weighted by atomic mass is 10.0. The van der Waals surface area contributed by atoms with Crippen molar-refractivity contribution in [3.8, 4) is 0 Å². The van der Waals surface area contributed by atoms with E-state index >= 15 is 0 Å². The van der Waals surface area contributed by atoms with E-state index in [1.807, 2.05) is 0 Å². The molecule has 0 bridgehead atoms. The second-order valence-electron chi connectivity index (χ2n) is 3.29. The summed E-state index contributed by atoms with van der Waals surface area (Å²) >= 11 is 0. The van der Waals surface area contributed by atoms with Crippen molar-refractivity contribution in [2.45, 2.75) is 19.1 Å². The lowest BCUT2D eigenvalue weighted by Crippen LogP contribution is -2.21. The van der Waals surface area contributed by atoms with Crippen LogP contribution in [0.1, 0.15) is 24.1 Å². The number of Topliss-reactive ketones (excluding diaryl/α,β-unsaturated/α-hetero) is 1. The first kappa shape index (κ1) is 12.6. The van der Waals surface area contributed by atoms with Crippen LogP contribution in [0.5, 0.6) is 0 Å². The van der Waals surface area contributed by atoms with Gasteiger partial charge in [-0.25, -0.2) is 4.39 Å². The van der Waals surface area contributed by atoms with Crippen LogP contribution in [0.15, 0.2) is 18.2 Å². The zero-order valence-corrected chi connectivity index (χ0v) is 8.31. The molecule has 1 aromatic carbocycles. The number of ketones is 1. The van der Waals surface area contributed by atoms with Crippen LogP contribution in [0.3, 0.4) is 0 Å². The van der Waals surface area contributed by atoms with E-state index in [1.54, 1.807) is 0 Å². The molecule has 0 aromatic heterocycles. The highest BCUT2D eigenvalue weighted by Crippen LogP contribution is 2.33. The molecule has 16 heavy (non-hydrogen) atoms. The monoisotopic (exact) mass is 235 g/mol. The van der Waals surface area contributed by atoms with E-state index in [9.17, 15) is 22.4 Å². The molecule has 6 heteroatoms. The molecule has 0 spiro atoms. The summed E-state index contributed by atoms with van der Waals surface area (Å²) in [5, 5.41) is 0. The van der Waals surface area contributed by atoms with Crippen LogP contribution in [-0.2, 0) is 11.0 Å². The number of nitrogens with two attached hydrogens (primary N) is 1. The van der Waals surface area contributed by atoms with Gasteiger partial charge in [-0.1, -0.05) is 12.1 Å². The molecule has 1 unspecified atom stereocenters. The molecule has 0 heterocycles. The maximum absolute atomic E-state index is 13.4. The van der Waals surface area contributed by atoms with Crippen molar-refractivity contribution < 1.29 is 22.4 Å². The normalized spacial score (nSPS) is 13.6. The van der Waals surface area contributed by atoms with E-state index in [1.165, 1.54) is 0 Å². The molecule has 0 radical (unpaired) electrons. The summed E-state index contributed by atoms with van der Waals surface area (Å²) < 4.78 is 50.4. The molecule has 0 saturated carbocycles. The van der Waals surface area contributed by atoms with Crippen molar-refractivity contribution in [1.82, 2.24) is 0 Å². The van der Waals surface area contributed by atoms with Crippen molar-refractivity contribution in [2.75, 3.05) is 0 Å². The van der Waals surface area contributed by atoms with Gasteiger partial charge in [0.2, 0.25) is 0 Å². The maximum Gasteiger partial charge on any atom is 0.419 e. The number of hydrogen-bond acceptors (Lipinski definition) is 2. The molecule has 0 aliphatic heterocycles. The number of alkyl halides is 3. The third kappa shape index (κ3) is 2.38. The highest BCUT2D eigenvalue weighted by atomic mass is 19.4. The Kier molecular flexibility index (Phi) is 3.32. The number of halogens is 4. The van der Waals surface area contributed by atoms with Crippen molar-refractivity contribution in [2.24, 2.45) is 5.73 Å². The van der Waals surface area contributed by atoms with Crippen LogP contribution in [-0.4, -0.2) is 5.78 Å². The molecule has 0 amide bonds. The first-order valence-electron chi connectivity index (χ1n) is 4.36. The van der Waals surface area contributed by atoms with Gasteiger partial charge >= 0.3 is 6.18 Å². The highest BCUT2D eigenvalue weighted by molar-refractivity contribution is 5.82. The second kappa shape index (κ2) is 4.21. The molecule has 2 nitrogen and oxygen atoms in total. The van der Waals surface area contributed by atoms with E-state index in [0.717, 1.165) is 19.1 Å². The smallest absolute Gasteiger partial charge is 0.318 e. The quantitative estimate of drug-likeness (QED) is 0.800. The van der Waals surface area contributed by atoms with Gasteiger partial charge in [0.15, 0.2) is 5.78 Å². The summed E-state index contributed by atoms with van der Waals surface area (Å²) in [4.78, 5) is 10.9.